The molecule has 1 fully saturated rings. The van der Waals surface area contributed by atoms with Crippen LogP contribution in [-0.2, 0) is 11.2 Å². The summed E-state index contributed by atoms with van der Waals surface area (Å²) in [4.78, 5) is 14.1. The van der Waals surface area contributed by atoms with Gasteiger partial charge in [-0.05, 0) is 44.1 Å². The lowest BCUT2D eigenvalue weighted by Gasteiger charge is -2.29. The Kier molecular flexibility index (Phi) is 7.59. The van der Waals surface area contributed by atoms with E-state index in [9.17, 15) is 10.1 Å². The molecule has 3 rings (SSSR count). The molecule has 2 aromatic rings. The van der Waals surface area contributed by atoms with Gasteiger partial charge in [0.25, 0.3) is 0 Å². The van der Waals surface area contributed by atoms with Gasteiger partial charge in [0, 0.05) is 17.3 Å². The third kappa shape index (κ3) is 5.25. The first kappa shape index (κ1) is 22.8. The predicted octanol–water partition coefficient (Wildman–Crippen LogP) is 4.97. The number of carbonyl (C=O) groups excluding carboxylic acids is 1. The van der Waals surface area contributed by atoms with Crippen molar-refractivity contribution in [3.63, 3.8) is 0 Å². The minimum atomic E-state index is -0.882. The number of hydrogen-bond acceptors (Lipinski definition) is 6. The van der Waals surface area contributed by atoms with E-state index in [2.05, 4.69) is 43.7 Å². The first-order valence-corrected chi connectivity index (χ1v) is 12.5. The van der Waals surface area contributed by atoms with Crippen LogP contribution in [0, 0.1) is 17.2 Å². The van der Waals surface area contributed by atoms with Gasteiger partial charge < -0.3 is 9.88 Å². The van der Waals surface area contributed by atoms with Crippen molar-refractivity contribution < 1.29 is 4.79 Å². The average molecular weight is 446 g/mol. The summed E-state index contributed by atoms with van der Waals surface area (Å²) in [5, 5.41) is 24.0. The molecule has 0 aliphatic heterocycles. The van der Waals surface area contributed by atoms with Gasteiger partial charge in [0.05, 0.1) is 11.3 Å². The van der Waals surface area contributed by atoms with Crippen LogP contribution < -0.4 is 5.32 Å². The maximum Gasteiger partial charge on any atom is 0.234 e. The van der Waals surface area contributed by atoms with Crippen molar-refractivity contribution in [3.05, 3.63) is 28.2 Å². The van der Waals surface area contributed by atoms with Gasteiger partial charge in [0.1, 0.15) is 11.4 Å². The van der Waals surface area contributed by atoms with E-state index in [-0.39, 0.29) is 17.1 Å². The molecule has 8 heteroatoms. The van der Waals surface area contributed by atoms with Crippen LogP contribution in [0.5, 0.6) is 0 Å². The van der Waals surface area contributed by atoms with Gasteiger partial charge in [-0.1, -0.05) is 50.9 Å². The molecule has 2 heterocycles. The Morgan fingerprint density at radius 2 is 2.10 bits per heavy atom. The fourth-order valence-corrected chi connectivity index (χ4v) is 5.29. The van der Waals surface area contributed by atoms with E-state index in [1.807, 2.05) is 20.8 Å². The number of aromatic nitrogens is 3. The van der Waals surface area contributed by atoms with Crippen molar-refractivity contribution in [3.8, 4) is 6.07 Å². The molecule has 2 atom stereocenters. The highest BCUT2D eigenvalue weighted by Crippen LogP contribution is 2.34. The summed E-state index contributed by atoms with van der Waals surface area (Å²) < 4.78 is 2.28. The van der Waals surface area contributed by atoms with Crippen LogP contribution in [0.15, 0.2) is 22.7 Å². The monoisotopic (exact) mass is 445 g/mol. The summed E-state index contributed by atoms with van der Waals surface area (Å²) in [7, 11) is 0. The Morgan fingerprint density at radius 3 is 2.70 bits per heavy atom. The molecule has 0 radical (unpaired) electrons. The maximum atomic E-state index is 12.8. The number of thioether (sulfide) groups is 1. The standard InChI is InChI=1S/C22H31N5OS2/c1-15(2)22(4,14-23)24-20(28)16(3)30-21-26-25-19(13-18-11-8-12-29-18)27(21)17-9-6-5-7-10-17/h8,11-12,15-17H,5-7,9-10,13H2,1-4H3,(H,24,28). The molecule has 162 valence electrons. The van der Waals surface area contributed by atoms with Gasteiger partial charge in [-0.15, -0.1) is 21.5 Å². The molecule has 0 aromatic carbocycles. The van der Waals surface area contributed by atoms with Gasteiger partial charge in [-0.2, -0.15) is 5.26 Å². The topological polar surface area (TPSA) is 83.6 Å². The van der Waals surface area contributed by atoms with Gasteiger partial charge in [0.2, 0.25) is 5.91 Å². The van der Waals surface area contributed by atoms with E-state index in [0.717, 1.165) is 30.2 Å². The van der Waals surface area contributed by atoms with Crippen LogP contribution in [-0.4, -0.2) is 31.5 Å². The number of amides is 1. The summed E-state index contributed by atoms with van der Waals surface area (Å²) in [5.41, 5.74) is -0.882. The van der Waals surface area contributed by atoms with Crippen LogP contribution in [0.4, 0.5) is 0 Å². The first-order valence-electron chi connectivity index (χ1n) is 10.7. The molecule has 2 unspecified atom stereocenters. The third-order valence-electron chi connectivity index (χ3n) is 6.01. The second kappa shape index (κ2) is 9.97. The Labute approximate surface area is 187 Å². The van der Waals surface area contributed by atoms with Crippen molar-refractivity contribution in [2.45, 2.75) is 88.2 Å². The van der Waals surface area contributed by atoms with Crippen molar-refractivity contribution in [1.29, 1.82) is 5.26 Å². The highest BCUT2D eigenvalue weighted by Gasteiger charge is 2.33. The summed E-state index contributed by atoms with van der Waals surface area (Å²) in [6.07, 6.45) is 6.74. The molecule has 6 nitrogen and oxygen atoms in total. The molecule has 1 aliphatic rings. The van der Waals surface area contributed by atoms with Crippen LogP contribution in [0.2, 0.25) is 0 Å². The number of rotatable bonds is 8. The van der Waals surface area contributed by atoms with Crippen LogP contribution in [0.25, 0.3) is 0 Å². The minimum Gasteiger partial charge on any atom is -0.337 e. The number of carbonyl (C=O) groups is 1. The van der Waals surface area contributed by atoms with Gasteiger partial charge in [0.15, 0.2) is 5.16 Å². The number of nitrogens with one attached hydrogen (secondary N) is 1. The lowest BCUT2D eigenvalue weighted by atomic mass is 9.90. The Balaban J connectivity index is 1.80. The van der Waals surface area contributed by atoms with Crippen molar-refractivity contribution in [1.82, 2.24) is 20.1 Å². The van der Waals surface area contributed by atoms with E-state index >= 15 is 0 Å². The molecule has 1 saturated carbocycles. The highest BCUT2D eigenvalue weighted by atomic mass is 32.2. The second-order valence-electron chi connectivity index (χ2n) is 8.53. The van der Waals surface area contributed by atoms with Crippen molar-refractivity contribution >= 4 is 29.0 Å². The molecule has 0 spiro atoms. The predicted molar refractivity (Wildman–Crippen MR) is 122 cm³/mol. The molecule has 1 amide bonds. The molecular formula is C22H31N5OS2. The molecule has 0 saturated heterocycles. The number of nitriles is 1. The van der Waals surface area contributed by atoms with Crippen molar-refractivity contribution in [2.24, 2.45) is 5.92 Å². The molecule has 0 bridgehead atoms. The molecular weight excluding hydrogens is 414 g/mol. The van der Waals surface area contributed by atoms with Crippen LogP contribution >= 0.6 is 23.1 Å². The summed E-state index contributed by atoms with van der Waals surface area (Å²) in [6.45, 7) is 7.53. The average Bonchev–Trinajstić information content (AvgIpc) is 3.38. The lowest BCUT2D eigenvalue weighted by molar-refractivity contribution is -0.121. The molecule has 1 aliphatic carbocycles. The maximum absolute atomic E-state index is 12.8. The first-order chi connectivity index (χ1) is 14.3. The summed E-state index contributed by atoms with van der Waals surface area (Å²) >= 11 is 3.17. The van der Waals surface area contributed by atoms with E-state index in [0.29, 0.717) is 6.04 Å². The van der Waals surface area contributed by atoms with Gasteiger partial charge in [-0.3, -0.25) is 4.79 Å². The number of thiophene rings is 1. The SMILES string of the molecule is CC(Sc1nnc(Cc2cccs2)n1C1CCCCC1)C(=O)NC(C)(C#N)C(C)C. The largest absolute Gasteiger partial charge is 0.337 e. The smallest absolute Gasteiger partial charge is 0.234 e. The zero-order valence-electron chi connectivity index (χ0n) is 18.2. The van der Waals surface area contributed by atoms with Gasteiger partial charge in [-0.25, -0.2) is 0 Å². The van der Waals surface area contributed by atoms with E-state index in [4.69, 9.17) is 0 Å². The minimum absolute atomic E-state index is 0.0203. The Hall–Kier alpha value is -1.85. The fraction of sp³-hybridized carbons (Fsp3) is 0.636. The second-order valence-corrected chi connectivity index (χ2v) is 10.9. The van der Waals surface area contributed by atoms with Gasteiger partial charge >= 0.3 is 0 Å². The zero-order chi connectivity index (χ0) is 21.7. The number of nitrogens with zero attached hydrogens (tertiary/aromatic N) is 4. The fourth-order valence-electron chi connectivity index (χ4n) is 3.65. The summed E-state index contributed by atoms with van der Waals surface area (Å²) in [6, 6.07) is 6.82. The summed E-state index contributed by atoms with van der Waals surface area (Å²) in [5.74, 6) is 0.853. The lowest BCUT2D eigenvalue weighted by Crippen LogP contribution is -2.51. The van der Waals surface area contributed by atoms with E-state index in [1.54, 1.807) is 18.3 Å². The molecule has 2 aromatic heterocycles. The quantitative estimate of drug-likeness (QED) is 0.580. The van der Waals surface area contributed by atoms with Crippen LogP contribution in [0.3, 0.4) is 0 Å². The Morgan fingerprint density at radius 1 is 1.37 bits per heavy atom. The third-order valence-corrected chi connectivity index (χ3v) is 7.94. The van der Waals surface area contributed by atoms with E-state index < -0.39 is 5.54 Å². The van der Waals surface area contributed by atoms with E-state index in [1.165, 1.54) is 35.9 Å². The normalized spacial score (nSPS) is 18.0. The number of hydrogen-bond donors (Lipinski definition) is 1. The molecule has 30 heavy (non-hydrogen) atoms. The highest BCUT2D eigenvalue weighted by molar-refractivity contribution is 8.00. The Bertz CT molecular complexity index is 880. The van der Waals surface area contributed by atoms with Crippen molar-refractivity contribution in [2.75, 3.05) is 0 Å². The van der Waals surface area contributed by atoms with Crippen LogP contribution in [0.1, 0.15) is 76.5 Å². The zero-order valence-corrected chi connectivity index (χ0v) is 19.9. The molecule has 1 N–H and O–H groups in total.